The average molecular weight is 251 g/mol. The van der Waals surface area contributed by atoms with Gasteiger partial charge in [-0.2, -0.15) is 0 Å². The monoisotopic (exact) mass is 250 g/mol. The van der Waals surface area contributed by atoms with Crippen LogP contribution >= 0.6 is 11.6 Å². The molecule has 94 valence electrons. The van der Waals surface area contributed by atoms with Gasteiger partial charge in [0.05, 0.1) is 0 Å². The second-order valence-electron chi connectivity index (χ2n) is 5.75. The molecule has 0 bridgehead atoms. The fraction of sp³-hybridized carbons (Fsp3) is 0.625. The second-order valence-corrected chi connectivity index (χ2v) is 6.02. The maximum Gasteiger partial charge on any atom is 0.0320 e. The Labute approximate surface area is 110 Å². The second kappa shape index (κ2) is 5.02. The largest absolute Gasteiger partial charge is 0.126 e. The molecule has 0 atom stereocenters. The molecule has 0 nitrogen and oxygen atoms in total. The summed E-state index contributed by atoms with van der Waals surface area (Å²) in [4.78, 5) is 0. The first-order valence-corrected chi connectivity index (χ1v) is 7.27. The fourth-order valence-corrected chi connectivity index (χ4v) is 4.10. The van der Waals surface area contributed by atoms with E-state index in [4.69, 9.17) is 11.6 Å². The van der Waals surface area contributed by atoms with Gasteiger partial charge in [-0.1, -0.05) is 37.0 Å². The molecular weight excluding hydrogens is 228 g/mol. The van der Waals surface area contributed by atoms with Crippen molar-refractivity contribution in [1.82, 2.24) is 0 Å². The summed E-state index contributed by atoms with van der Waals surface area (Å²) < 4.78 is 0. The third kappa shape index (κ3) is 2.38. The van der Waals surface area contributed by atoms with Crippen LogP contribution in [0.15, 0.2) is 12.1 Å². The Morgan fingerprint density at radius 2 is 1.53 bits per heavy atom. The van der Waals surface area contributed by atoms with Gasteiger partial charge in [-0.25, -0.2) is 0 Å². The summed E-state index contributed by atoms with van der Waals surface area (Å²) in [5, 5.41) is 0. The quantitative estimate of drug-likeness (QED) is 0.644. The van der Waals surface area contributed by atoms with E-state index >= 15 is 0 Å². The van der Waals surface area contributed by atoms with Crippen molar-refractivity contribution in [2.45, 2.75) is 58.3 Å². The molecule has 0 radical (unpaired) electrons. The minimum absolute atomic E-state index is 0.252. The Morgan fingerprint density at radius 1 is 1.00 bits per heavy atom. The van der Waals surface area contributed by atoms with Gasteiger partial charge in [0.1, 0.15) is 0 Å². The Bertz CT molecular complexity index is 377. The third-order valence-corrected chi connectivity index (χ3v) is 4.79. The molecule has 1 aromatic rings. The SMILES string of the molecule is Cc1cc(C)c(C2(CCl)CCCCC2)c(C)c1. The number of hydrogen-bond donors (Lipinski definition) is 0. The van der Waals surface area contributed by atoms with Gasteiger partial charge >= 0.3 is 0 Å². The van der Waals surface area contributed by atoms with E-state index in [1.54, 1.807) is 0 Å². The first-order valence-electron chi connectivity index (χ1n) is 6.73. The lowest BCUT2D eigenvalue weighted by molar-refractivity contribution is 0.321. The van der Waals surface area contributed by atoms with Crippen molar-refractivity contribution in [3.63, 3.8) is 0 Å². The zero-order valence-corrected chi connectivity index (χ0v) is 12.0. The average Bonchev–Trinajstić information content (AvgIpc) is 2.28. The summed E-state index contributed by atoms with van der Waals surface area (Å²) in [6.07, 6.45) is 6.57. The highest BCUT2D eigenvalue weighted by molar-refractivity contribution is 6.18. The number of alkyl halides is 1. The number of hydrogen-bond acceptors (Lipinski definition) is 0. The molecule has 0 amide bonds. The fourth-order valence-electron chi connectivity index (χ4n) is 3.70. The standard InChI is InChI=1S/C16H23Cl/c1-12-9-13(2)15(14(3)10-12)16(11-17)7-5-4-6-8-16/h9-10H,4-8,11H2,1-3H3. The molecular formula is C16H23Cl. The molecule has 1 aromatic carbocycles. The third-order valence-electron chi connectivity index (χ3n) is 4.27. The molecule has 1 fully saturated rings. The number of aryl methyl sites for hydroxylation is 3. The van der Waals surface area contributed by atoms with Crippen LogP contribution in [0, 0.1) is 20.8 Å². The van der Waals surface area contributed by atoms with Gasteiger partial charge in [-0.05, 0) is 50.3 Å². The van der Waals surface area contributed by atoms with E-state index in [2.05, 4.69) is 32.9 Å². The van der Waals surface area contributed by atoms with Crippen molar-refractivity contribution in [2.75, 3.05) is 5.88 Å². The highest BCUT2D eigenvalue weighted by atomic mass is 35.5. The van der Waals surface area contributed by atoms with Gasteiger partial charge in [0.15, 0.2) is 0 Å². The summed E-state index contributed by atoms with van der Waals surface area (Å²) in [5.74, 6) is 0.776. The molecule has 0 unspecified atom stereocenters. The Hall–Kier alpha value is -0.490. The number of halogens is 1. The first-order chi connectivity index (χ1) is 8.09. The van der Waals surface area contributed by atoms with Crippen LogP contribution in [0.25, 0.3) is 0 Å². The Kier molecular flexibility index (Phi) is 3.82. The van der Waals surface area contributed by atoms with Gasteiger partial charge in [0, 0.05) is 11.3 Å². The molecule has 0 aliphatic heterocycles. The molecule has 1 saturated carbocycles. The van der Waals surface area contributed by atoms with Crippen LogP contribution < -0.4 is 0 Å². The van der Waals surface area contributed by atoms with E-state index in [1.807, 2.05) is 0 Å². The Balaban J connectivity index is 2.50. The maximum atomic E-state index is 6.36. The predicted molar refractivity (Wildman–Crippen MR) is 76.1 cm³/mol. The number of benzene rings is 1. The molecule has 1 aliphatic carbocycles. The van der Waals surface area contributed by atoms with Crippen LogP contribution in [0.3, 0.4) is 0 Å². The van der Waals surface area contributed by atoms with Crippen molar-refractivity contribution in [1.29, 1.82) is 0 Å². The zero-order valence-electron chi connectivity index (χ0n) is 11.3. The molecule has 1 heteroatoms. The van der Waals surface area contributed by atoms with E-state index < -0.39 is 0 Å². The summed E-state index contributed by atoms with van der Waals surface area (Å²) in [7, 11) is 0. The minimum Gasteiger partial charge on any atom is -0.126 e. The van der Waals surface area contributed by atoms with Crippen molar-refractivity contribution in [2.24, 2.45) is 0 Å². The number of rotatable bonds is 2. The van der Waals surface area contributed by atoms with E-state index in [1.165, 1.54) is 54.4 Å². The van der Waals surface area contributed by atoms with Crippen LogP contribution in [0.2, 0.25) is 0 Å². The highest BCUT2D eigenvalue weighted by Gasteiger charge is 2.35. The molecule has 0 saturated heterocycles. The molecule has 0 aromatic heterocycles. The van der Waals surface area contributed by atoms with Gasteiger partial charge in [0.25, 0.3) is 0 Å². The van der Waals surface area contributed by atoms with E-state index in [9.17, 15) is 0 Å². The van der Waals surface area contributed by atoms with Crippen molar-refractivity contribution < 1.29 is 0 Å². The highest BCUT2D eigenvalue weighted by Crippen LogP contribution is 2.43. The van der Waals surface area contributed by atoms with Gasteiger partial charge in [-0.3, -0.25) is 0 Å². The lowest BCUT2D eigenvalue weighted by Gasteiger charge is -2.38. The summed E-state index contributed by atoms with van der Waals surface area (Å²) in [5.41, 5.74) is 6.03. The van der Waals surface area contributed by atoms with Gasteiger partial charge < -0.3 is 0 Å². The molecule has 1 aliphatic rings. The molecule has 0 N–H and O–H groups in total. The van der Waals surface area contributed by atoms with E-state index in [0.29, 0.717) is 0 Å². The van der Waals surface area contributed by atoms with Crippen LogP contribution in [0.1, 0.15) is 54.4 Å². The van der Waals surface area contributed by atoms with Crippen molar-refractivity contribution >= 4 is 11.6 Å². The summed E-state index contributed by atoms with van der Waals surface area (Å²) >= 11 is 6.36. The topological polar surface area (TPSA) is 0 Å². The smallest absolute Gasteiger partial charge is 0.0320 e. The molecule has 17 heavy (non-hydrogen) atoms. The summed E-state index contributed by atoms with van der Waals surface area (Å²) in [6, 6.07) is 4.62. The van der Waals surface area contributed by atoms with E-state index in [-0.39, 0.29) is 5.41 Å². The molecule has 0 heterocycles. The first kappa shape index (κ1) is 13.0. The van der Waals surface area contributed by atoms with Crippen molar-refractivity contribution in [3.05, 3.63) is 34.4 Å². The lowest BCUT2D eigenvalue weighted by Crippen LogP contribution is -2.32. The van der Waals surface area contributed by atoms with Gasteiger partial charge in [-0.15, -0.1) is 11.6 Å². The summed E-state index contributed by atoms with van der Waals surface area (Å²) in [6.45, 7) is 6.68. The zero-order chi connectivity index (χ0) is 12.5. The predicted octanol–water partition coefficient (Wildman–Crippen LogP) is 5.05. The van der Waals surface area contributed by atoms with E-state index in [0.717, 1.165) is 5.88 Å². The van der Waals surface area contributed by atoms with Gasteiger partial charge in [0.2, 0.25) is 0 Å². The molecule has 2 rings (SSSR count). The molecule has 0 spiro atoms. The lowest BCUT2D eigenvalue weighted by atomic mass is 9.68. The minimum atomic E-state index is 0.252. The van der Waals surface area contributed by atoms with Crippen LogP contribution in [0.4, 0.5) is 0 Å². The van der Waals surface area contributed by atoms with Crippen LogP contribution in [-0.4, -0.2) is 5.88 Å². The van der Waals surface area contributed by atoms with Crippen LogP contribution in [0.5, 0.6) is 0 Å². The van der Waals surface area contributed by atoms with Crippen molar-refractivity contribution in [3.8, 4) is 0 Å². The van der Waals surface area contributed by atoms with Crippen LogP contribution in [-0.2, 0) is 5.41 Å². The Morgan fingerprint density at radius 3 is 2.00 bits per heavy atom. The maximum absolute atomic E-state index is 6.36. The normalized spacial score (nSPS) is 19.3.